The predicted molar refractivity (Wildman–Crippen MR) is 57.9 cm³/mol. The van der Waals surface area contributed by atoms with Gasteiger partial charge in [0.1, 0.15) is 5.56 Å². The minimum absolute atomic E-state index is 0.0897. The third-order valence-electron chi connectivity index (χ3n) is 1.83. The number of H-pyrrole nitrogens is 2. The van der Waals surface area contributed by atoms with E-state index in [1.807, 2.05) is 4.98 Å². The molecule has 0 atom stereocenters. The zero-order valence-corrected chi connectivity index (χ0v) is 8.99. The Balaban J connectivity index is 2.47. The Bertz CT molecular complexity index is 478. The van der Waals surface area contributed by atoms with Crippen LogP contribution in [-0.2, 0) is 4.74 Å². The largest absolute Gasteiger partial charge is 0.394 e. The molecule has 94 valence electrons. The fourth-order valence-corrected chi connectivity index (χ4v) is 1.08. The summed E-state index contributed by atoms with van der Waals surface area (Å²) in [6.45, 7) is 0.535. The standard InChI is InChI=1S/C9H13N3O5/c13-2-4-17-3-1-10-7(14)6-5-11-9(16)12-8(6)15/h5,13H,1-4H2,(H,10,14)(H2,11,12,15,16). The first-order valence-corrected chi connectivity index (χ1v) is 4.94. The van der Waals surface area contributed by atoms with E-state index in [4.69, 9.17) is 9.84 Å². The molecule has 0 aliphatic heterocycles. The SMILES string of the molecule is O=C(NCCOCCO)c1c[nH]c(=O)[nH]c1=O. The van der Waals surface area contributed by atoms with Crippen molar-refractivity contribution < 1.29 is 14.6 Å². The Labute approximate surface area is 95.6 Å². The number of aromatic nitrogens is 2. The van der Waals surface area contributed by atoms with E-state index in [1.165, 1.54) is 0 Å². The maximum atomic E-state index is 11.5. The van der Waals surface area contributed by atoms with Crippen molar-refractivity contribution in [3.8, 4) is 0 Å². The lowest BCUT2D eigenvalue weighted by Crippen LogP contribution is -2.35. The number of ether oxygens (including phenoxy) is 1. The van der Waals surface area contributed by atoms with Crippen LogP contribution in [0.2, 0.25) is 0 Å². The molecule has 8 nitrogen and oxygen atoms in total. The average molecular weight is 243 g/mol. The number of aliphatic hydroxyl groups excluding tert-OH is 1. The smallest absolute Gasteiger partial charge is 0.325 e. The number of hydrogen-bond acceptors (Lipinski definition) is 5. The fourth-order valence-electron chi connectivity index (χ4n) is 1.08. The second-order valence-electron chi connectivity index (χ2n) is 3.08. The van der Waals surface area contributed by atoms with Crippen molar-refractivity contribution in [2.45, 2.75) is 0 Å². The average Bonchev–Trinajstić information content (AvgIpc) is 2.28. The summed E-state index contributed by atoms with van der Waals surface area (Å²) in [4.78, 5) is 37.5. The van der Waals surface area contributed by atoms with Gasteiger partial charge in [-0.2, -0.15) is 0 Å². The summed E-state index contributed by atoms with van der Waals surface area (Å²) in [6, 6.07) is 0. The number of aliphatic hydroxyl groups is 1. The molecule has 1 rings (SSSR count). The fraction of sp³-hybridized carbons (Fsp3) is 0.444. The molecule has 0 unspecified atom stereocenters. The molecule has 0 radical (unpaired) electrons. The van der Waals surface area contributed by atoms with Crippen molar-refractivity contribution in [3.05, 3.63) is 32.6 Å². The highest BCUT2D eigenvalue weighted by atomic mass is 16.5. The summed E-state index contributed by atoms with van der Waals surface area (Å²) < 4.78 is 4.91. The van der Waals surface area contributed by atoms with Gasteiger partial charge in [0.05, 0.1) is 19.8 Å². The first-order chi connectivity index (χ1) is 8.15. The van der Waals surface area contributed by atoms with Gasteiger partial charge < -0.3 is 20.1 Å². The van der Waals surface area contributed by atoms with Crippen LogP contribution < -0.4 is 16.6 Å². The maximum Gasteiger partial charge on any atom is 0.325 e. The van der Waals surface area contributed by atoms with Gasteiger partial charge in [-0.1, -0.05) is 0 Å². The van der Waals surface area contributed by atoms with Crippen LogP contribution in [0.3, 0.4) is 0 Å². The molecule has 1 aromatic heterocycles. The van der Waals surface area contributed by atoms with Gasteiger partial charge in [-0.05, 0) is 0 Å². The minimum Gasteiger partial charge on any atom is -0.394 e. The first kappa shape index (κ1) is 13.1. The molecule has 0 bridgehead atoms. The number of aromatic amines is 2. The molecule has 0 fully saturated rings. The summed E-state index contributed by atoms with van der Waals surface area (Å²) in [5.74, 6) is -0.602. The van der Waals surface area contributed by atoms with E-state index in [2.05, 4.69) is 10.3 Å². The number of hydrogen-bond donors (Lipinski definition) is 4. The monoisotopic (exact) mass is 243 g/mol. The number of amides is 1. The number of nitrogens with one attached hydrogen (secondary N) is 3. The molecule has 0 saturated heterocycles. The molecular weight excluding hydrogens is 230 g/mol. The number of carbonyl (C=O) groups excluding carboxylic acids is 1. The van der Waals surface area contributed by atoms with Gasteiger partial charge in [-0.25, -0.2) is 4.79 Å². The van der Waals surface area contributed by atoms with Gasteiger partial charge in [0.2, 0.25) is 0 Å². The van der Waals surface area contributed by atoms with Crippen molar-refractivity contribution in [2.24, 2.45) is 0 Å². The molecule has 0 aliphatic rings. The van der Waals surface area contributed by atoms with Crippen LogP contribution in [0.25, 0.3) is 0 Å². The molecule has 1 amide bonds. The molecule has 1 heterocycles. The molecule has 0 aliphatic carbocycles. The highest BCUT2D eigenvalue weighted by Gasteiger charge is 2.09. The summed E-state index contributed by atoms with van der Waals surface area (Å²) in [5, 5.41) is 10.9. The van der Waals surface area contributed by atoms with Crippen molar-refractivity contribution >= 4 is 5.91 Å². The highest BCUT2D eigenvalue weighted by molar-refractivity contribution is 5.93. The van der Waals surface area contributed by atoms with E-state index >= 15 is 0 Å². The van der Waals surface area contributed by atoms with E-state index < -0.39 is 17.2 Å². The second kappa shape index (κ2) is 6.61. The van der Waals surface area contributed by atoms with Gasteiger partial charge in [0.25, 0.3) is 11.5 Å². The quantitative estimate of drug-likeness (QED) is 0.422. The molecule has 0 saturated carbocycles. The Morgan fingerprint density at radius 1 is 1.41 bits per heavy atom. The predicted octanol–water partition coefficient (Wildman–Crippen LogP) is -2.20. The van der Waals surface area contributed by atoms with E-state index in [1.54, 1.807) is 0 Å². The van der Waals surface area contributed by atoms with E-state index in [0.717, 1.165) is 6.20 Å². The molecule has 4 N–H and O–H groups in total. The van der Waals surface area contributed by atoms with Gasteiger partial charge in [0.15, 0.2) is 0 Å². The summed E-state index contributed by atoms with van der Waals surface area (Å²) in [7, 11) is 0. The highest BCUT2D eigenvalue weighted by Crippen LogP contribution is 1.84. The normalized spacial score (nSPS) is 10.2. The molecule has 0 aromatic carbocycles. The Morgan fingerprint density at radius 3 is 2.82 bits per heavy atom. The van der Waals surface area contributed by atoms with Crippen LogP contribution >= 0.6 is 0 Å². The Hall–Kier alpha value is -1.93. The van der Waals surface area contributed by atoms with Crippen LogP contribution in [0.4, 0.5) is 0 Å². The Morgan fingerprint density at radius 2 is 2.18 bits per heavy atom. The van der Waals surface area contributed by atoms with E-state index in [0.29, 0.717) is 0 Å². The first-order valence-electron chi connectivity index (χ1n) is 4.94. The minimum atomic E-state index is -0.748. The van der Waals surface area contributed by atoms with Gasteiger partial charge >= 0.3 is 5.69 Å². The third kappa shape index (κ3) is 4.21. The topological polar surface area (TPSA) is 124 Å². The van der Waals surface area contributed by atoms with E-state index in [-0.39, 0.29) is 31.9 Å². The van der Waals surface area contributed by atoms with Gasteiger partial charge in [0, 0.05) is 12.7 Å². The number of carbonyl (C=O) groups is 1. The molecule has 17 heavy (non-hydrogen) atoms. The van der Waals surface area contributed by atoms with Crippen LogP contribution in [0, 0.1) is 0 Å². The van der Waals surface area contributed by atoms with Crippen molar-refractivity contribution in [1.29, 1.82) is 0 Å². The van der Waals surface area contributed by atoms with Gasteiger partial charge in [-0.3, -0.25) is 14.6 Å². The third-order valence-corrected chi connectivity index (χ3v) is 1.83. The van der Waals surface area contributed by atoms with Crippen LogP contribution in [0.15, 0.2) is 15.8 Å². The van der Waals surface area contributed by atoms with Crippen LogP contribution in [-0.4, -0.2) is 47.3 Å². The summed E-state index contributed by atoms with van der Waals surface area (Å²) in [6.07, 6.45) is 1.05. The van der Waals surface area contributed by atoms with Crippen LogP contribution in [0.1, 0.15) is 10.4 Å². The molecule has 1 aromatic rings. The molecule has 8 heteroatoms. The molecular formula is C9H13N3O5. The number of rotatable bonds is 6. The van der Waals surface area contributed by atoms with Crippen molar-refractivity contribution in [2.75, 3.05) is 26.4 Å². The maximum absolute atomic E-state index is 11.5. The summed E-state index contributed by atoms with van der Waals surface area (Å²) in [5.41, 5.74) is -1.59. The van der Waals surface area contributed by atoms with E-state index in [9.17, 15) is 14.4 Å². The second-order valence-corrected chi connectivity index (χ2v) is 3.08. The molecule has 0 spiro atoms. The lowest BCUT2D eigenvalue weighted by molar-refractivity contribution is 0.0837. The lowest BCUT2D eigenvalue weighted by atomic mass is 10.3. The summed E-state index contributed by atoms with van der Waals surface area (Å²) >= 11 is 0. The lowest BCUT2D eigenvalue weighted by Gasteiger charge is -2.04. The Kier molecular flexibility index (Phi) is 5.11. The van der Waals surface area contributed by atoms with Crippen LogP contribution in [0.5, 0.6) is 0 Å². The zero-order chi connectivity index (χ0) is 12.7. The van der Waals surface area contributed by atoms with Crippen molar-refractivity contribution in [3.63, 3.8) is 0 Å². The van der Waals surface area contributed by atoms with Gasteiger partial charge in [-0.15, -0.1) is 0 Å². The van der Waals surface area contributed by atoms with Crippen molar-refractivity contribution in [1.82, 2.24) is 15.3 Å². The zero-order valence-electron chi connectivity index (χ0n) is 8.99.